The predicted molar refractivity (Wildman–Crippen MR) is 95.6 cm³/mol. The molecule has 1 saturated heterocycles. The van der Waals surface area contributed by atoms with Crippen molar-refractivity contribution in [3.05, 3.63) is 23.8 Å². The average molecular weight is 356 g/mol. The van der Waals surface area contributed by atoms with Crippen LogP contribution in [-0.2, 0) is 4.79 Å². The van der Waals surface area contributed by atoms with Crippen LogP contribution in [0, 0.1) is 5.92 Å². The normalized spacial score (nSPS) is 20.0. The molecule has 2 amide bonds. The Morgan fingerprint density at radius 1 is 1.39 bits per heavy atom. The highest BCUT2D eigenvalue weighted by Gasteiger charge is 2.17. The summed E-state index contributed by atoms with van der Waals surface area (Å²) >= 11 is 1.65. The lowest BCUT2D eigenvalue weighted by atomic mass is 10.1. The Morgan fingerprint density at radius 2 is 2.26 bits per heavy atom. The molecule has 0 radical (unpaired) electrons. The molecule has 1 unspecified atom stereocenters. The molecule has 0 saturated carbocycles. The number of halogens is 1. The lowest BCUT2D eigenvalue weighted by Gasteiger charge is -2.11. The van der Waals surface area contributed by atoms with Crippen molar-refractivity contribution >= 4 is 41.7 Å². The first-order chi connectivity index (χ1) is 10.7. The van der Waals surface area contributed by atoms with E-state index in [2.05, 4.69) is 16.0 Å². The van der Waals surface area contributed by atoms with Crippen LogP contribution in [-0.4, -0.2) is 37.2 Å². The van der Waals surface area contributed by atoms with Crippen LogP contribution in [0.15, 0.2) is 23.1 Å². The number of nitrogens with one attached hydrogen (secondary N) is 3. The Labute approximate surface area is 146 Å². The summed E-state index contributed by atoms with van der Waals surface area (Å²) in [5.74, 6) is 1.39. The van der Waals surface area contributed by atoms with Crippen molar-refractivity contribution in [1.29, 1.82) is 0 Å². The molecule has 0 aromatic heterocycles. The minimum absolute atomic E-state index is 0. The van der Waals surface area contributed by atoms with Crippen molar-refractivity contribution in [3.63, 3.8) is 0 Å². The van der Waals surface area contributed by atoms with Gasteiger partial charge in [-0.2, -0.15) is 0 Å². The van der Waals surface area contributed by atoms with Gasteiger partial charge < -0.3 is 16.0 Å². The van der Waals surface area contributed by atoms with E-state index in [1.165, 1.54) is 6.42 Å². The summed E-state index contributed by atoms with van der Waals surface area (Å²) in [6.45, 7) is 2.84. The summed E-state index contributed by atoms with van der Waals surface area (Å²) in [6.07, 6.45) is 2.71. The number of fused-ring (bicyclic) bond motifs is 1. The van der Waals surface area contributed by atoms with E-state index in [0.717, 1.165) is 35.8 Å². The second kappa shape index (κ2) is 8.57. The van der Waals surface area contributed by atoms with Crippen LogP contribution in [0.4, 0.5) is 5.69 Å². The third kappa shape index (κ3) is 4.86. The van der Waals surface area contributed by atoms with Gasteiger partial charge in [-0.15, -0.1) is 24.2 Å². The molecule has 1 fully saturated rings. The largest absolute Gasteiger partial charge is 0.352 e. The van der Waals surface area contributed by atoms with Crippen LogP contribution >= 0.6 is 24.2 Å². The summed E-state index contributed by atoms with van der Waals surface area (Å²) in [5, 5.41) is 9.17. The van der Waals surface area contributed by atoms with Crippen LogP contribution in [0.1, 0.15) is 29.6 Å². The SMILES string of the molecule is Cl.O=C1CCSc2ccc(C(=O)NCCC3CCNC3)cc2N1. The fourth-order valence-electron chi connectivity index (χ4n) is 2.81. The molecule has 3 N–H and O–H groups in total. The topological polar surface area (TPSA) is 70.2 Å². The summed E-state index contributed by atoms with van der Waals surface area (Å²) in [4.78, 5) is 24.9. The average Bonchev–Trinajstić information content (AvgIpc) is 2.94. The molecule has 3 rings (SSSR count). The molecule has 5 nitrogen and oxygen atoms in total. The maximum Gasteiger partial charge on any atom is 0.251 e. The molecule has 7 heteroatoms. The molecule has 0 aliphatic carbocycles. The molecular weight excluding hydrogens is 334 g/mol. The molecule has 23 heavy (non-hydrogen) atoms. The van der Waals surface area contributed by atoms with E-state index in [9.17, 15) is 9.59 Å². The first kappa shape index (κ1) is 18.1. The van der Waals surface area contributed by atoms with Crippen molar-refractivity contribution in [2.45, 2.75) is 24.2 Å². The molecule has 1 atom stereocenters. The summed E-state index contributed by atoms with van der Waals surface area (Å²) in [6, 6.07) is 5.52. The van der Waals surface area contributed by atoms with Gasteiger partial charge in [0.25, 0.3) is 5.91 Å². The molecule has 2 aliphatic heterocycles. The highest BCUT2D eigenvalue weighted by Crippen LogP contribution is 2.31. The molecule has 1 aromatic carbocycles. The van der Waals surface area contributed by atoms with E-state index < -0.39 is 0 Å². The van der Waals surface area contributed by atoms with Gasteiger partial charge in [0.1, 0.15) is 0 Å². The zero-order valence-corrected chi connectivity index (χ0v) is 14.5. The molecule has 0 spiro atoms. The number of amides is 2. The number of carbonyl (C=O) groups is 2. The molecular formula is C16H22ClN3O2S. The summed E-state index contributed by atoms with van der Waals surface area (Å²) < 4.78 is 0. The second-order valence-electron chi connectivity index (χ2n) is 5.76. The Morgan fingerprint density at radius 3 is 3.04 bits per heavy atom. The van der Waals surface area contributed by atoms with Crippen molar-refractivity contribution in [1.82, 2.24) is 10.6 Å². The van der Waals surface area contributed by atoms with E-state index in [1.54, 1.807) is 17.8 Å². The number of thioether (sulfide) groups is 1. The number of rotatable bonds is 4. The van der Waals surface area contributed by atoms with E-state index in [4.69, 9.17) is 0 Å². The van der Waals surface area contributed by atoms with Crippen LogP contribution < -0.4 is 16.0 Å². The second-order valence-corrected chi connectivity index (χ2v) is 6.90. The van der Waals surface area contributed by atoms with E-state index in [1.807, 2.05) is 12.1 Å². The number of benzene rings is 1. The maximum absolute atomic E-state index is 12.2. The number of carbonyl (C=O) groups excluding carboxylic acids is 2. The van der Waals surface area contributed by atoms with Gasteiger partial charge in [-0.25, -0.2) is 0 Å². The summed E-state index contributed by atoms with van der Waals surface area (Å²) in [5.41, 5.74) is 1.35. The standard InChI is InChI=1S/C16H21N3O2S.ClH/c20-15-5-8-22-14-2-1-12(9-13(14)19-15)16(21)18-7-4-11-3-6-17-10-11;/h1-2,9,11,17H,3-8,10H2,(H,18,21)(H,19,20);1H. The van der Waals surface area contributed by atoms with Crippen LogP contribution in [0.3, 0.4) is 0 Å². The van der Waals surface area contributed by atoms with Gasteiger partial charge in [-0.05, 0) is 50.0 Å². The van der Waals surface area contributed by atoms with Crippen LogP contribution in [0.25, 0.3) is 0 Å². The molecule has 126 valence electrons. The van der Waals surface area contributed by atoms with Gasteiger partial charge in [0.05, 0.1) is 5.69 Å². The first-order valence-corrected chi connectivity index (χ1v) is 8.76. The highest BCUT2D eigenvalue weighted by molar-refractivity contribution is 7.99. The number of anilines is 1. The van der Waals surface area contributed by atoms with Gasteiger partial charge in [0, 0.05) is 29.2 Å². The van der Waals surface area contributed by atoms with Gasteiger partial charge in [-0.3, -0.25) is 9.59 Å². The monoisotopic (exact) mass is 355 g/mol. The lowest BCUT2D eigenvalue weighted by molar-refractivity contribution is -0.115. The Hall–Kier alpha value is -1.24. The van der Waals surface area contributed by atoms with Gasteiger partial charge in [0.2, 0.25) is 5.91 Å². The minimum atomic E-state index is -0.0720. The van der Waals surface area contributed by atoms with Crippen molar-refractivity contribution in [2.75, 3.05) is 30.7 Å². The summed E-state index contributed by atoms with van der Waals surface area (Å²) in [7, 11) is 0. The zero-order valence-electron chi connectivity index (χ0n) is 12.9. The van der Waals surface area contributed by atoms with Crippen molar-refractivity contribution < 1.29 is 9.59 Å². The van der Waals surface area contributed by atoms with Gasteiger partial charge in [0.15, 0.2) is 0 Å². The number of hydrogen-bond acceptors (Lipinski definition) is 4. The van der Waals surface area contributed by atoms with Crippen LogP contribution in [0.2, 0.25) is 0 Å². The Balaban J connectivity index is 0.00000192. The van der Waals surface area contributed by atoms with Crippen molar-refractivity contribution in [3.8, 4) is 0 Å². The maximum atomic E-state index is 12.2. The third-order valence-corrected chi connectivity index (χ3v) is 5.18. The first-order valence-electron chi connectivity index (χ1n) is 7.78. The fourth-order valence-corrected chi connectivity index (χ4v) is 3.75. The van der Waals surface area contributed by atoms with E-state index in [-0.39, 0.29) is 24.2 Å². The molecule has 1 aromatic rings. The lowest BCUT2D eigenvalue weighted by Crippen LogP contribution is -2.26. The predicted octanol–water partition coefficient (Wildman–Crippen LogP) is 2.27. The van der Waals surface area contributed by atoms with E-state index >= 15 is 0 Å². The van der Waals surface area contributed by atoms with E-state index in [0.29, 0.717) is 24.4 Å². The highest BCUT2D eigenvalue weighted by atomic mass is 35.5. The Kier molecular flexibility index (Phi) is 6.74. The molecule has 0 bridgehead atoms. The Bertz CT molecular complexity index is 576. The fraction of sp³-hybridized carbons (Fsp3) is 0.500. The third-order valence-electron chi connectivity index (χ3n) is 4.10. The molecule has 2 heterocycles. The van der Waals surface area contributed by atoms with Crippen molar-refractivity contribution in [2.24, 2.45) is 5.92 Å². The van der Waals surface area contributed by atoms with Crippen LogP contribution in [0.5, 0.6) is 0 Å². The van der Waals surface area contributed by atoms with Gasteiger partial charge in [-0.1, -0.05) is 0 Å². The van der Waals surface area contributed by atoms with Gasteiger partial charge >= 0.3 is 0 Å². The minimum Gasteiger partial charge on any atom is -0.352 e. The molecule has 2 aliphatic rings. The number of hydrogen-bond donors (Lipinski definition) is 3. The zero-order chi connectivity index (χ0) is 15.4. The quantitative estimate of drug-likeness (QED) is 0.775. The smallest absolute Gasteiger partial charge is 0.251 e.